The van der Waals surface area contributed by atoms with Crippen molar-refractivity contribution in [3.63, 3.8) is 0 Å². The third-order valence-electron chi connectivity index (χ3n) is 5.50. The number of allylic oxidation sites excluding steroid dienone is 1. The van der Waals surface area contributed by atoms with Crippen molar-refractivity contribution in [2.75, 3.05) is 7.11 Å². The lowest BCUT2D eigenvalue weighted by Crippen LogP contribution is -2.09. The molecule has 0 amide bonds. The van der Waals surface area contributed by atoms with Crippen LogP contribution in [-0.4, -0.2) is 38.3 Å². The van der Waals surface area contributed by atoms with Gasteiger partial charge in [-0.3, -0.25) is 9.48 Å². The Morgan fingerprint density at radius 3 is 2.59 bits per heavy atom. The number of carboxylic acids is 1. The van der Waals surface area contributed by atoms with Crippen LogP contribution in [0.3, 0.4) is 0 Å². The Bertz CT molecular complexity index is 1350. The molecule has 34 heavy (non-hydrogen) atoms. The number of carbonyl (C=O) groups is 2. The Morgan fingerprint density at radius 2 is 1.85 bits per heavy atom. The fourth-order valence-electron chi connectivity index (χ4n) is 3.68. The molecule has 0 spiro atoms. The van der Waals surface area contributed by atoms with Gasteiger partial charge in [0.15, 0.2) is 0 Å². The molecule has 0 atom stereocenters. The van der Waals surface area contributed by atoms with Crippen LogP contribution < -0.4 is 4.74 Å². The van der Waals surface area contributed by atoms with Crippen LogP contribution >= 0.6 is 0 Å². The zero-order chi connectivity index (χ0) is 24.1. The lowest BCUT2D eigenvalue weighted by molar-refractivity contribution is 0.0695. The number of aromatic carboxylic acids is 1. The smallest absolute Gasteiger partial charge is 0.336 e. The third kappa shape index (κ3) is 5.15. The molecule has 0 saturated carbocycles. The summed E-state index contributed by atoms with van der Waals surface area (Å²) in [6.07, 6.45) is 7.49. The first-order valence-electron chi connectivity index (χ1n) is 10.8. The molecule has 2 aromatic heterocycles. The predicted molar refractivity (Wildman–Crippen MR) is 129 cm³/mol. The molecule has 0 radical (unpaired) electrons. The molecule has 7 heteroatoms. The Hall–Kier alpha value is -4.39. The Morgan fingerprint density at radius 1 is 1.06 bits per heavy atom. The van der Waals surface area contributed by atoms with E-state index < -0.39 is 5.97 Å². The average Bonchev–Trinajstić information content (AvgIpc) is 3.48. The second-order valence-corrected chi connectivity index (χ2v) is 7.91. The number of ketones is 1. The molecule has 0 saturated heterocycles. The number of carbonyl (C=O) groups excluding carboxylic acids is 1. The molecule has 0 aliphatic heterocycles. The van der Waals surface area contributed by atoms with Crippen LogP contribution in [0.25, 0.3) is 6.08 Å². The molecule has 0 unspecified atom stereocenters. The van der Waals surface area contributed by atoms with Gasteiger partial charge >= 0.3 is 5.97 Å². The highest BCUT2D eigenvalue weighted by molar-refractivity contribution is 6.08. The third-order valence-corrected chi connectivity index (χ3v) is 5.50. The van der Waals surface area contributed by atoms with Crippen molar-refractivity contribution in [1.82, 2.24) is 14.3 Å². The summed E-state index contributed by atoms with van der Waals surface area (Å²) in [5.41, 5.74) is 3.95. The maximum atomic E-state index is 12.9. The molecule has 2 heterocycles. The molecule has 4 aromatic rings. The van der Waals surface area contributed by atoms with Gasteiger partial charge in [-0.15, -0.1) is 0 Å². The maximum Gasteiger partial charge on any atom is 0.336 e. The molecule has 2 aromatic carbocycles. The van der Waals surface area contributed by atoms with E-state index in [4.69, 9.17) is 4.74 Å². The van der Waals surface area contributed by atoms with Crippen molar-refractivity contribution in [3.05, 3.63) is 113 Å². The molecular weight excluding hydrogens is 430 g/mol. The van der Waals surface area contributed by atoms with Gasteiger partial charge in [0.1, 0.15) is 5.75 Å². The number of aromatic nitrogens is 3. The zero-order valence-electron chi connectivity index (χ0n) is 19.0. The minimum absolute atomic E-state index is 0.0183. The molecule has 7 nitrogen and oxygen atoms in total. The van der Waals surface area contributed by atoms with Gasteiger partial charge in [0, 0.05) is 24.5 Å². The maximum absolute atomic E-state index is 12.9. The Labute approximate surface area is 197 Å². The van der Waals surface area contributed by atoms with Gasteiger partial charge in [0.2, 0.25) is 5.78 Å². The van der Waals surface area contributed by atoms with Crippen molar-refractivity contribution in [3.8, 4) is 5.75 Å². The van der Waals surface area contributed by atoms with Gasteiger partial charge in [-0.1, -0.05) is 35.9 Å². The van der Waals surface area contributed by atoms with Crippen molar-refractivity contribution in [2.45, 2.75) is 20.0 Å². The first-order valence-corrected chi connectivity index (χ1v) is 10.8. The van der Waals surface area contributed by atoms with E-state index in [0.717, 1.165) is 11.3 Å². The first-order chi connectivity index (χ1) is 16.4. The summed E-state index contributed by atoms with van der Waals surface area (Å²) in [4.78, 5) is 24.4. The Balaban J connectivity index is 1.44. The number of nitrogens with zero attached hydrogens (tertiary/aromatic N) is 3. The SMILES string of the molecule is COc1ccc(C(=O)O)c(Cn2ccc(/C=C/Cn3cccc3C(=O)c3ccc(C)cc3)n2)c1. The van der Waals surface area contributed by atoms with E-state index in [1.807, 2.05) is 72.3 Å². The lowest BCUT2D eigenvalue weighted by Gasteiger charge is -2.09. The predicted octanol–water partition coefficient (Wildman–Crippen LogP) is 4.69. The van der Waals surface area contributed by atoms with Crippen molar-refractivity contribution < 1.29 is 19.4 Å². The van der Waals surface area contributed by atoms with E-state index in [1.165, 1.54) is 6.07 Å². The highest BCUT2D eigenvalue weighted by atomic mass is 16.5. The largest absolute Gasteiger partial charge is 0.497 e. The number of ether oxygens (including phenoxy) is 1. The quantitative estimate of drug-likeness (QED) is 0.370. The second-order valence-electron chi connectivity index (χ2n) is 7.91. The summed E-state index contributed by atoms with van der Waals surface area (Å²) >= 11 is 0. The number of benzene rings is 2. The van der Waals surface area contributed by atoms with Gasteiger partial charge in [-0.25, -0.2) is 4.79 Å². The zero-order valence-corrected chi connectivity index (χ0v) is 19.0. The van der Waals surface area contributed by atoms with Crippen molar-refractivity contribution in [1.29, 1.82) is 0 Å². The molecule has 0 aliphatic rings. The molecule has 4 rings (SSSR count). The first kappa shape index (κ1) is 22.8. The monoisotopic (exact) mass is 455 g/mol. The number of methoxy groups -OCH3 is 1. The van der Waals surface area contributed by atoms with Crippen LogP contribution in [0.15, 0.2) is 79.1 Å². The summed E-state index contributed by atoms with van der Waals surface area (Å²) in [7, 11) is 1.54. The highest BCUT2D eigenvalue weighted by Gasteiger charge is 2.13. The topological polar surface area (TPSA) is 86.4 Å². The standard InChI is InChI=1S/C27H25N3O4/c1-19-7-9-20(10-8-19)26(31)25-6-4-15-29(25)14-3-5-22-13-16-30(28-22)18-21-17-23(34-2)11-12-24(21)27(32)33/h3-13,15-17H,14,18H2,1-2H3,(H,32,33)/b5-3+. The van der Waals surface area contributed by atoms with Gasteiger partial charge in [-0.05, 0) is 55.0 Å². The summed E-state index contributed by atoms with van der Waals surface area (Å²) in [5, 5.41) is 14.0. The van der Waals surface area contributed by atoms with E-state index in [0.29, 0.717) is 35.7 Å². The van der Waals surface area contributed by atoms with E-state index in [2.05, 4.69) is 5.10 Å². The molecule has 172 valence electrons. The van der Waals surface area contributed by atoms with E-state index in [1.54, 1.807) is 30.1 Å². The fourth-order valence-corrected chi connectivity index (χ4v) is 3.68. The second kappa shape index (κ2) is 10.0. The highest BCUT2D eigenvalue weighted by Crippen LogP contribution is 2.19. The van der Waals surface area contributed by atoms with Crippen LogP contribution in [0, 0.1) is 6.92 Å². The van der Waals surface area contributed by atoms with Gasteiger partial charge < -0.3 is 14.4 Å². The number of hydrogen-bond acceptors (Lipinski definition) is 4. The fraction of sp³-hybridized carbons (Fsp3) is 0.148. The lowest BCUT2D eigenvalue weighted by atomic mass is 10.1. The van der Waals surface area contributed by atoms with Crippen LogP contribution in [0.1, 0.15) is 43.2 Å². The number of carboxylic acid groups (broad SMARTS) is 1. The Kier molecular flexibility index (Phi) is 6.73. The molecular formula is C27H25N3O4. The molecule has 0 aliphatic carbocycles. The minimum atomic E-state index is -0.993. The van der Waals surface area contributed by atoms with E-state index >= 15 is 0 Å². The number of rotatable bonds is 9. The van der Waals surface area contributed by atoms with Crippen LogP contribution in [0.4, 0.5) is 0 Å². The minimum Gasteiger partial charge on any atom is -0.497 e. The normalized spacial score (nSPS) is 11.1. The van der Waals surface area contributed by atoms with E-state index in [9.17, 15) is 14.7 Å². The summed E-state index contributed by atoms with van der Waals surface area (Å²) in [6, 6.07) is 18.0. The number of aryl methyl sites for hydroxylation is 1. The van der Waals surface area contributed by atoms with Crippen LogP contribution in [0.2, 0.25) is 0 Å². The molecule has 0 bridgehead atoms. The van der Waals surface area contributed by atoms with Gasteiger partial charge in [-0.2, -0.15) is 5.10 Å². The van der Waals surface area contributed by atoms with Crippen LogP contribution in [0.5, 0.6) is 5.75 Å². The summed E-state index contributed by atoms with van der Waals surface area (Å²) < 4.78 is 8.80. The van der Waals surface area contributed by atoms with Crippen molar-refractivity contribution in [2.24, 2.45) is 0 Å². The van der Waals surface area contributed by atoms with Crippen LogP contribution in [-0.2, 0) is 13.1 Å². The van der Waals surface area contributed by atoms with E-state index in [-0.39, 0.29) is 11.3 Å². The average molecular weight is 456 g/mol. The van der Waals surface area contributed by atoms with Crippen molar-refractivity contribution >= 4 is 17.8 Å². The van der Waals surface area contributed by atoms with Gasteiger partial charge in [0.25, 0.3) is 0 Å². The summed E-state index contributed by atoms with van der Waals surface area (Å²) in [6.45, 7) is 2.82. The number of hydrogen-bond donors (Lipinski definition) is 1. The van der Waals surface area contributed by atoms with Gasteiger partial charge in [0.05, 0.1) is 30.6 Å². The summed E-state index contributed by atoms with van der Waals surface area (Å²) in [5.74, 6) is -0.419. The molecule has 0 fully saturated rings. The molecule has 1 N–H and O–H groups in total.